The van der Waals surface area contributed by atoms with E-state index in [1.165, 1.54) is 10.4 Å². The number of hydrogen-bond acceptors (Lipinski definition) is 2. The zero-order valence-corrected chi connectivity index (χ0v) is 12.1. The van der Waals surface area contributed by atoms with Crippen molar-refractivity contribution in [3.05, 3.63) is 57.2 Å². The fourth-order valence-corrected chi connectivity index (χ4v) is 3.02. The molecule has 1 N–H and O–H groups in total. The molecule has 1 aromatic carbocycles. The fraction of sp³-hybridized carbons (Fsp3) is 0.333. The Bertz CT molecular complexity index is 467. The molecule has 0 saturated heterocycles. The summed E-state index contributed by atoms with van der Waals surface area (Å²) in [6, 6.07) is 12.8. The van der Waals surface area contributed by atoms with Crippen LogP contribution in [-0.4, -0.2) is 6.54 Å². The molecule has 1 nitrogen and oxygen atoms in total. The zero-order chi connectivity index (χ0) is 12.8. The van der Waals surface area contributed by atoms with Gasteiger partial charge in [-0.2, -0.15) is 0 Å². The molecule has 0 aliphatic carbocycles. The summed E-state index contributed by atoms with van der Waals surface area (Å²) in [7, 11) is 0. The third kappa shape index (κ3) is 3.84. The summed E-state index contributed by atoms with van der Waals surface area (Å²) in [6.45, 7) is 3.12. The van der Waals surface area contributed by atoms with E-state index in [4.69, 9.17) is 11.6 Å². The van der Waals surface area contributed by atoms with Gasteiger partial charge in [-0.25, -0.2) is 0 Å². The second kappa shape index (κ2) is 6.93. The second-order valence-electron chi connectivity index (χ2n) is 4.28. The van der Waals surface area contributed by atoms with Crippen LogP contribution in [0.3, 0.4) is 0 Å². The van der Waals surface area contributed by atoms with Gasteiger partial charge in [0.1, 0.15) is 0 Å². The molecule has 18 heavy (non-hydrogen) atoms. The highest BCUT2D eigenvalue weighted by Crippen LogP contribution is 2.23. The van der Waals surface area contributed by atoms with Crippen molar-refractivity contribution < 1.29 is 0 Å². The number of halogens is 1. The van der Waals surface area contributed by atoms with E-state index < -0.39 is 0 Å². The SMILES string of the molecule is CCNC(CCc1cccs1)c1cccc(Cl)c1. The van der Waals surface area contributed by atoms with Gasteiger partial charge in [0.2, 0.25) is 0 Å². The third-order valence-electron chi connectivity index (χ3n) is 2.96. The van der Waals surface area contributed by atoms with Crippen molar-refractivity contribution in [2.45, 2.75) is 25.8 Å². The molecule has 0 fully saturated rings. The highest BCUT2D eigenvalue weighted by Gasteiger charge is 2.10. The molecule has 0 amide bonds. The molecule has 0 spiro atoms. The van der Waals surface area contributed by atoms with Crippen LogP contribution in [0.25, 0.3) is 0 Å². The Morgan fingerprint density at radius 3 is 2.83 bits per heavy atom. The summed E-state index contributed by atoms with van der Waals surface area (Å²) in [5.74, 6) is 0. The molecule has 1 heterocycles. The van der Waals surface area contributed by atoms with E-state index in [-0.39, 0.29) is 0 Å². The molecular formula is C15H18ClNS. The van der Waals surface area contributed by atoms with Crippen LogP contribution in [0.15, 0.2) is 41.8 Å². The number of hydrogen-bond donors (Lipinski definition) is 1. The lowest BCUT2D eigenvalue weighted by Crippen LogP contribution is -2.21. The van der Waals surface area contributed by atoms with Crippen LogP contribution in [0.5, 0.6) is 0 Å². The van der Waals surface area contributed by atoms with Gasteiger partial charge in [0, 0.05) is 15.9 Å². The summed E-state index contributed by atoms with van der Waals surface area (Å²) in [5, 5.41) is 6.48. The summed E-state index contributed by atoms with van der Waals surface area (Å²) in [6.07, 6.45) is 2.22. The third-order valence-corrected chi connectivity index (χ3v) is 4.13. The van der Waals surface area contributed by atoms with Crippen molar-refractivity contribution in [3.63, 3.8) is 0 Å². The Hall–Kier alpha value is -0.830. The van der Waals surface area contributed by atoms with E-state index in [1.807, 2.05) is 23.5 Å². The first kappa shape index (κ1) is 13.6. The Morgan fingerprint density at radius 2 is 2.17 bits per heavy atom. The Kier molecular flexibility index (Phi) is 5.24. The van der Waals surface area contributed by atoms with Crippen LogP contribution in [0.4, 0.5) is 0 Å². The van der Waals surface area contributed by atoms with Gasteiger partial charge in [-0.05, 0) is 48.5 Å². The first-order chi connectivity index (χ1) is 8.79. The first-order valence-electron chi connectivity index (χ1n) is 6.31. The van der Waals surface area contributed by atoms with E-state index in [9.17, 15) is 0 Å². The van der Waals surface area contributed by atoms with Crippen LogP contribution in [0.1, 0.15) is 29.8 Å². The minimum Gasteiger partial charge on any atom is -0.310 e. The number of thiophene rings is 1. The van der Waals surface area contributed by atoms with Crippen molar-refractivity contribution in [1.82, 2.24) is 5.32 Å². The summed E-state index contributed by atoms with van der Waals surface area (Å²) in [4.78, 5) is 1.44. The number of rotatable bonds is 6. The lowest BCUT2D eigenvalue weighted by atomic mass is 10.0. The molecule has 1 aromatic heterocycles. The molecule has 0 aliphatic heterocycles. The van der Waals surface area contributed by atoms with E-state index in [0.29, 0.717) is 6.04 Å². The maximum Gasteiger partial charge on any atom is 0.0409 e. The van der Waals surface area contributed by atoms with Gasteiger partial charge in [-0.1, -0.05) is 36.7 Å². The molecule has 2 rings (SSSR count). The van der Waals surface area contributed by atoms with Gasteiger partial charge < -0.3 is 5.32 Å². The average Bonchev–Trinajstić information content (AvgIpc) is 2.87. The normalized spacial score (nSPS) is 12.6. The smallest absolute Gasteiger partial charge is 0.0409 e. The summed E-state index contributed by atoms with van der Waals surface area (Å²) < 4.78 is 0. The minimum absolute atomic E-state index is 0.385. The Balaban J connectivity index is 2.03. The van der Waals surface area contributed by atoms with Gasteiger partial charge >= 0.3 is 0 Å². The number of nitrogens with one attached hydrogen (secondary N) is 1. The van der Waals surface area contributed by atoms with E-state index in [2.05, 4.69) is 41.9 Å². The van der Waals surface area contributed by atoms with Crippen LogP contribution >= 0.6 is 22.9 Å². The lowest BCUT2D eigenvalue weighted by molar-refractivity contribution is 0.517. The summed E-state index contributed by atoms with van der Waals surface area (Å²) in [5.41, 5.74) is 1.28. The van der Waals surface area contributed by atoms with Gasteiger partial charge in [0.15, 0.2) is 0 Å². The molecule has 1 unspecified atom stereocenters. The molecule has 3 heteroatoms. The van der Waals surface area contributed by atoms with Crippen molar-refractivity contribution >= 4 is 22.9 Å². The number of aryl methyl sites for hydroxylation is 1. The van der Waals surface area contributed by atoms with Crippen LogP contribution < -0.4 is 5.32 Å². The van der Waals surface area contributed by atoms with Crippen molar-refractivity contribution in [3.8, 4) is 0 Å². The maximum atomic E-state index is 6.06. The lowest BCUT2D eigenvalue weighted by Gasteiger charge is -2.18. The molecule has 2 aromatic rings. The van der Waals surface area contributed by atoms with Crippen molar-refractivity contribution in [2.24, 2.45) is 0 Å². The molecule has 0 aliphatic rings. The highest BCUT2D eigenvalue weighted by atomic mass is 35.5. The molecule has 0 bridgehead atoms. The van der Waals surface area contributed by atoms with Gasteiger partial charge in [0.25, 0.3) is 0 Å². The first-order valence-corrected chi connectivity index (χ1v) is 7.56. The number of benzene rings is 1. The van der Waals surface area contributed by atoms with E-state index in [1.54, 1.807) is 0 Å². The van der Waals surface area contributed by atoms with Crippen LogP contribution in [-0.2, 0) is 6.42 Å². The van der Waals surface area contributed by atoms with E-state index in [0.717, 1.165) is 24.4 Å². The monoisotopic (exact) mass is 279 g/mol. The van der Waals surface area contributed by atoms with Crippen molar-refractivity contribution in [2.75, 3.05) is 6.54 Å². The maximum absolute atomic E-state index is 6.06. The topological polar surface area (TPSA) is 12.0 Å². The van der Waals surface area contributed by atoms with E-state index >= 15 is 0 Å². The Labute approximate surface area is 118 Å². The largest absolute Gasteiger partial charge is 0.310 e. The Morgan fingerprint density at radius 1 is 1.28 bits per heavy atom. The highest BCUT2D eigenvalue weighted by molar-refractivity contribution is 7.09. The standard InChI is InChI=1S/C15H18ClNS/c1-2-17-15(9-8-14-7-4-10-18-14)12-5-3-6-13(16)11-12/h3-7,10-11,15,17H,2,8-9H2,1H3. The quantitative estimate of drug-likeness (QED) is 0.809. The van der Waals surface area contributed by atoms with Crippen LogP contribution in [0.2, 0.25) is 5.02 Å². The van der Waals surface area contributed by atoms with Crippen LogP contribution in [0, 0.1) is 0 Å². The summed E-state index contributed by atoms with van der Waals surface area (Å²) >= 11 is 7.89. The predicted octanol–water partition coefficient (Wildman–Crippen LogP) is 4.68. The molecule has 0 radical (unpaired) electrons. The molecule has 1 atom stereocenters. The van der Waals surface area contributed by atoms with Gasteiger partial charge in [0.05, 0.1) is 0 Å². The minimum atomic E-state index is 0.385. The second-order valence-corrected chi connectivity index (χ2v) is 5.75. The molecular weight excluding hydrogens is 262 g/mol. The molecule has 96 valence electrons. The van der Waals surface area contributed by atoms with Gasteiger partial charge in [-0.3, -0.25) is 0 Å². The molecule has 0 saturated carbocycles. The predicted molar refractivity (Wildman–Crippen MR) is 80.5 cm³/mol. The van der Waals surface area contributed by atoms with Crippen molar-refractivity contribution in [1.29, 1.82) is 0 Å². The fourth-order valence-electron chi connectivity index (χ4n) is 2.10. The average molecular weight is 280 g/mol. The van der Waals surface area contributed by atoms with Gasteiger partial charge in [-0.15, -0.1) is 11.3 Å². The zero-order valence-electron chi connectivity index (χ0n) is 10.5.